The van der Waals surface area contributed by atoms with Gasteiger partial charge in [0.05, 0.1) is 7.11 Å². The fourth-order valence-electron chi connectivity index (χ4n) is 1.95. The van der Waals surface area contributed by atoms with Crippen LogP contribution in [-0.2, 0) is 19.1 Å². The number of esters is 1. The second-order valence-electron chi connectivity index (χ2n) is 6.02. The Hall–Kier alpha value is -2.12. The van der Waals surface area contributed by atoms with E-state index < -0.39 is 23.7 Å². The van der Waals surface area contributed by atoms with Gasteiger partial charge in [0.15, 0.2) is 0 Å². The molecule has 2 amide bonds. The van der Waals surface area contributed by atoms with E-state index in [2.05, 4.69) is 20.6 Å². The summed E-state index contributed by atoms with van der Waals surface area (Å²) in [7, 11) is 1.24. The molecule has 0 aliphatic carbocycles. The van der Waals surface area contributed by atoms with Gasteiger partial charge in [-0.25, -0.2) is 15.0 Å². The lowest BCUT2D eigenvalue weighted by Crippen LogP contribution is -2.44. The second-order valence-corrected chi connectivity index (χ2v) is 6.02. The maximum atomic E-state index is 11.8. The van der Waals surface area contributed by atoms with E-state index in [9.17, 15) is 14.4 Å². The van der Waals surface area contributed by atoms with Crippen molar-refractivity contribution >= 4 is 24.2 Å². The molecule has 0 unspecified atom stereocenters. The lowest BCUT2D eigenvalue weighted by atomic mass is 9.96. The van der Waals surface area contributed by atoms with Crippen LogP contribution in [0.15, 0.2) is 5.10 Å². The molecule has 1 aliphatic rings. The minimum absolute atomic E-state index is 0.191. The van der Waals surface area contributed by atoms with Gasteiger partial charge in [0.1, 0.15) is 11.6 Å². The monoisotopic (exact) mass is 313 g/mol. The molecule has 1 heterocycles. The van der Waals surface area contributed by atoms with E-state index in [1.807, 2.05) is 0 Å². The summed E-state index contributed by atoms with van der Waals surface area (Å²) in [6.45, 7) is 5.18. The normalized spacial score (nSPS) is 19.1. The van der Waals surface area contributed by atoms with Gasteiger partial charge in [-0.15, -0.1) is 0 Å². The van der Waals surface area contributed by atoms with Crippen LogP contribution in [0.1, 0.15) is 40.0 Å². The topological polar surface area (TPSA) is 106 Å². The molecule has 22 heavy (non-hydrogen) atoms. The summed E-state index contributed by atoms with van der Waals surface area (Å²) in [6, 6.07) is -0.855. The Morgan fingerprint density at radius 2 is 2.18 bits per heavy atom. The first-order chi connectivity index (χ1) is 10.2. The Balaban J connectivity index is 2.57. The molecule has 2 atom stereocenters. The van der Waals surface area contributed by atoms with Crippen molar-refractivity contribution in [3.8, 4) is 0 Å². The quantitative estimate of drug-likeness (QED) is 0.735. The minimum atomic E-state index is -0.855. The van der Waals surface area contributed by atoms with Crippen LogP contribution in [0.2, 0.25) is 0 Å². The number of ether oxygens (including phenoxy) is 2. The minimum Gasteiger partial charge on any atom is -0.467 e. The summed E-state index contributed by atoms with van der Waals surface area (Å²) >= 11 is 0. The molecule has 0 aromatic heterocycles. The molecule has 0 saturated heterocycles. The zero-order valence-corrected chi connectivity index (χ0v) is 13.3. The van der Waals surface area contributed by atoms with E-state index in [-0.39, 0.29) is 18.2 Å². The molecular formula is C14H23N3O5. The number of amides is 2. The van der Waals surface area contributed by atoms with E-state index in [1.54, 1.807) is 27.0 Å². The average Bonchev–Trinajstić information content (AvgIpc) is 2.42. The number of carbonyl (C=O) groups is 3. The van der Waals surface area contributed by atoms with Gasteiger partial charge in [-0.2, -0.15) is 5.10 Å². The third-order valence-corrected chi connectivity index (χ3v) is 3.01. The van der Waals surface area contributed by atoms with E-state index in [1.165, 1.54) is 7.11 Å². The highest BCUT2D eigenvalue weighted by Gasteiger charge is 2.28. The Morgan fingerprint density at radius 3 is 2.73 bits per heavy atom. The summed E-state index contributed by atoms with van der Waals surface area (Å²) in [5, 5.41) is 6.15. The van der Waals surface area contributed by atoms with Gasteiger partial charge < -0.3 is 14.8 Å². The number of alkyl carbamates (subject to hydrolysis) is 1. The van der Waals surface area contributed by atoms with Gasteiger partial charge >= 0.3 is 12.1 Å². The number of carbonyl (C=O) groups excluding carboxylic acids is 3. The maximum Gasteiger partial charge on any atom is 0.408 e. The van der Waals surface area contributed by atoms with Crippen molar-refractivity contribution in [2.24, 2.45) is 11.0 Å². The van der Waals surface area contributed by atoms with Crippen molar-refractivity contribution in [2.75, 3.05) is 7.11 Å². The Kier molecular flexibility index (Phi) is 6.33. The van der Waals surface area contributed by atoms with Crippen LogP contribution in [0.3, 0.4) is 0 Å². The average molecular weight is 313 g/mol. The molecule has 0 aromatic rings. The summed E-state index contributed by atoms with van der Waals surface area (Å²) < 4.78 is 9.79. The Labute approximate surface area is 129 Å². The maximum absolute atomic E-state index is 11.8. The van der Waals surface area contributed by atoms with Gasteiger partial charge in [-0.05, 0) is 40.0 Å². The molecule has 0 spiro atoms. The van der Waals surface area contributed by atoms with Crippen molar-refractivity contribution in [3.63, 3.8) is 0 Å². The molecule has 0 radical (unpaired) electrons. The second kappa shape index (κ2) is 7.77. The lowest BCUT2D eigenvalue weighted by molar-refractivity contribution is -0.143. The van der Waals surface area contributed by atoms with Gasteiger partial charge in [-0.1, -0.05) is 0 Å². The SMILES string of the molecule is COC(=O)[C@H](CC[C@H]1CC=NNC1=O)NC(=O)OC(C)(C)C. The number of methoxy groups -OCH3 is 1. The molecule has 0 saturated carbocycles. The van der Waals surface area contributed by atoms with E-state index in [4.69, 9.17) is 4.74 Å². The first kappa shape index (κ1) is 17.9. The van der Waals surface area contributed by atoms with Crippen LogP contribution in [-0.4, -0.2) is 42.9 Å². The molecule has 8 nitrogen and oxygen atoms in total. The van der Waals surface area contributed by atoms with Gasteiger partial charge in [0.2, 0.25) is 5.91 Å². The first-order valence-corrected chi connectivity index (χ1v) is 7.11. The number of rotatable bonds is 5. The largest absolute Gasteiger partial charge is 0.467 e. The summed E-state index contributed by atoms with van der Waals surface area (Å²) in [6.07, 6.45) is 2.12. The first-order valence-electron chi connectivity index (χ1n) is 7.11. The molecule has 8 heteroatoms. The third-order valence-electron chi connectivity index (χ3n) is 3.01. The van der Waals surface area contributed by atoms with Crippen LogP contribution in [0, 0.1) is 5.92 Å². The van der Waals surface area contributed by atoms with Crippen LogP contribution in [0.5, 0.6) is 0 Å². The summed E-state index contributed by atoms with van der Waals surface area (Å²) in [5.41, 5.74) is 1.71. The molecule has 0 bridgehead atoms. The lowest BCUT2D eigenvalue weighted by Gasteiger charge is -2.23. The van der Waals surface area contributed by atoms with Gasteiger partial charge in [-0.3, -0.25) is 4.79 Å². The van der Waals surface area contributed by atoms with Crippen LogP contribution < -0.4 is 10.7 Å². The molecule has 124 valence electrons. The van der Waals surface area contributed by atoms with Gasteiger partial charge in [0, 0.05) is 12.1 Å². The smallest absolute Gasteiger partial charge is 0.408 e. The highest BCUT2D eigenvalue weighted by atomic mass is 16.6. The van der Waals surface area contributed by atoms with E-state index in [0.717, 1.165) is 0 Å². The van der Waals surface area contributed by atoms with Crippen molar-refractivity contribution in [1.29, 1.82) is 0 Å². The zero-order valence-electron chi connectivity index (χ0n) is 13.3. The third kappa shape index (κ3) is 6.11. The number of nitrogens with one attached hydrogen (secondary N) is 2. The van der Waals surface area contributed by atoms with E-state index >= 15 is 0 Å². The predicted molar refractivity (Wildman–Crippen MR) is 79.1 cm³/mol. The highest BCUT2D eigenvalue weighted by Crippen LogP contribution is 2.15. The molecule has 1 rings (SSSR count). The highest BCUT2D eigenvalue weighted by molar-refractivity contribution is 5.85. The van der Waals surface area contributed by atoms with Crippen LogP contribution >= 0.6 is 0 Å². The number of hydrogen-bond donors (Lipinski definition) is 2. The molecule has 0 aromatic carbocycles. The molecule has 1 aliphatic heterocycles. The Morgan fingerprint density at radius 1 is 1.50 bits per heavy atom. The van der Waals surface area contributed by atoms with Crippen LogP contribution in [0.25, 0.3) is 0 Å². The van der Waals surface area contributed by atoms with Crippen molar-refractivity contribution in [2.45, 2.75) is 51.7 Å². The van der Waals surface area contributed by atoms with Crippen LogP contribution in [0.4, 0.5) is 4.79 Å². The van der Waals surface area contributed by atoms with Crippen molar-refractivity contribution in [1.82, 2.24) is 10.7 Å². The zero-order chi connectivity index (χ0) is 16.8. The number of hydrogen-bond acceptors (Lipinski definition) is 6. The van der Waals surface area contributed by atoms with Gasteiger partial charge in [0.25, 0.3) is 0 Å². The summed E-state index contributed by atoms with van der Waals surface area (Å²) in [4.78, 5) is 35.1. The fourth-order valence-corrected chi connectivity index (χ4v) is 1.95. The standard InChI is InChI=1S/C14H23N3O5/c1-14(2,3)22-13(20)16-10(12(19)21-4)6-5-9-7-8-15-17-11(9)18/h8-10H,5-7H2,1-4H3,(H,16,20)(H,17,18)/t9-,10-/m0/s1. The molecule has 2 N–H and O–H groups in total. The fraction of sp³-hybridized carbons (Fsp3) is 0.714. The van der Waals surface area contributed by atoms with E-state index in [0.29, 0.717) is 12.8 Å². The van der Waals surface area contributed by atoms with Crippen molar-refractivity contribution < 1.29 is 23.9 Å². The number of hydrazone groups is 1. The predicted octanol–water partition coefficient (Wildman–Crippen LogP) is 0.955. The number of nitrogens with zero attached hydrogens (tertiary/aromatic N) is 1. The summed E-state index contributed by atoms with van der Waals surface area (Å²) in [5.74, 6) is -1.04. The molecular weight excluding hydrogens is 290 g/mol. The Bertz CT molecular complexity index is 456. The molecule has 0 fully saturated rings. The van der Waals surface area contributed by atoms with Crippen molar-refractivity contribution in [3.05, 3.63) is 0 Å².